The summed E-state index contributed by atoms with van der Waals surface area (Å²) in [6, 6.07) is 8.03. The molecule has 6 nitrogen and oxygen atoms in total. The fourth-order valence-electron chi connectivity index (χ4n) is 2.37. The van der Waals surface area contributed by atoms with E-state index in [1.807, 2.05) is 6.07 Å². The molecule has 0 saturated carbocycles. The third kappa shape index (κ3) is 2.67. The van der Waals surface area contributed by atoms with Crippen LogP contribution in [0.25, 0.3) is 0 Å². The second-order valence-corrected chi connectivity index (χ2v) is 6.56. The van der Waals surface area contributed by atoms with Crippen molar-refractivity contribution in [1.82, 2.24) is 4.72 Å². The summed E-state index contributed by atoms with van der Waals surface area (Å²) < 4.78 is 37.7. The van der Waals surface area contributed by atoms with Crippen LogP contribution >= 0.6 is 0 Å². The maximum absolute atomic E-state index is 12.3. The summed E-state index contributed by atoms with van der Waals surface area (Å²) in [5, 5.41) is 9.48. The number of fused-ring (bicyclic) bond motifs is 1. The largest absolute Gasteiger partial charge is 0.493 e. The lowest BCUT2D eigenvalue weighted by Crippen LogP contribution is -2.40. The Kier molecular flexibility index (Phi) is 3.71. The lowest BCUT2D eigenvalue weighted by molar-refractivity contribution is 0.119. The lowest BCUT2D eigenvalue weighted by Gasteiger charge is -2.32. The molecule has 0 bridgehead atoms. The van der Waals surface area contributed by atoms with Gasteiger partial charge in [-0.05, 0) is 12.1 Å². The summed E-state index contributed by atoms with van der Waals surface area (Å²) in [6.07, 6.45) is 2.47. The number of sulfonamides is 1. The third-order valence-electron chi connectivity index (χ3n) is 3.50. The highest BCUT2D eigenvalue weighted by Crippen LogP contribution is 2.36. The minimum Gasteiger partial charge on any atom is -0.493 e. The van der Waals surface area contributed by atoms with E-state index in [2.05, 4.69) is 4.72 Å². The minimum atomic E-state index is -3.71. The summed E-state index contributed by atoms with van der Waals surface area (Å²) in [6.45, 7) is 0.0823. The molecule has 0 aliphatic carbocycles. The van der Waals surface area contributed by atoms with Gasteiger partial charge in [-0.3, -0.25) is 0 Å². The van der Waals surface area contributed by atoms with Crippen LogP contribution in [-0.2, 0) is 10.0 Å². The smallest absolute Gasteiger partial charge is 0.244 e. The van der Waals surface area contributed by atoms with Crippen LogP contribution in [0.5, 0.6) is 5.75 Å². The SMILES string of the molecule is O=S(=O)(N[C@H]1c2ccccc2OC[C@H]1CO)c1ccoc1. The number of furan rings is 1. The quantitative estimate of drug-likeness (QED) is 0.888. The molecular weight excluding hydrogens is 294 g/mol. The molecule has 2 atom stereocenters. The Bertz CT molecular complexity index is 711. The molecule has 0 radical (unpaired) electrons. The van der Waals surface area contributed by atoms with E-state index in [9.17, 15) is 13.5 Å². The van der Waals surface area contributed by atoms with Crippen LogP contribution in [0.2, 0.25) is 0 Å². The van der Waals surface area contributed by atoms with E-state index in [4.69, 9.17) is 9.15 Å². The summed E-state index contributed by atoms with van der Waals surface area (Å²) in [5.74, 6) is 0.281. The molecule has 7 heteroatoms. The maximum Gasteiger partial charge on any atom is 0.244 e. The van der Waals surface area contributed by atoms with Crippen LogP contribution < -0.4 is 9.46 Å². The number of para-hydroxylation sites is 1. The van der Waals surface area contributed by atoms with Gasteiger partial charge < -0.3 is 14.3 Å². The average molecular weight is 309 g/mol. The number of aliphatic hydroxyl groups excluding tert-OH is 1. The van der Waals surface area contributed by atoms with Crippen LogP contribution in [0, 0.1) is 5.92 Å². The van der Waals surface area contributed by atoms with Crippen molar-refractivity contribution in [2.24, 2.45) is 5.92 Å². The Balaban J connectivity index is 1.96. The number of ether oxygens (including phenoxy) is 1. The molecular formula is C14H15NO5S. The van der Waals surface area contributed by atoms with Crippen LogP contribution in [-0.4, -0.2) is 26.7 Å². The monoisotopic (exact) mass is 309 g/mol. The van der Waals surface area contributed by atoms with E-state index in [-0.39, 0.29) is 24.0 Å². The summed E-state index contributed by atoms with van der Waals surface area (Å²) in [7, 11) is -3.71. The second-order valence-electron chi connectivity index (χ2n) is 4.85. The van der Waals surface area contributed by atoms with Gasteiger partial charge >= 0.3 is 0 Å². The van der Waals surface area contributed by atoms with E-state index >= 15 is 0 Å². The third-order valence-corrected chi connectivity index (χ3v) is 4.92. The normalized spacial score (nSPS) is 21.6. The van der Waals surface area contributed by atoms with Crippen LogP contribution in [0.1, 0.15) is 11.6 Å². The first-order chi connectivity index (χ1) is 10.1. The van der Waals surface area contributed by atoms with Crippen LogP contribution in [0.4, 0.5) is 0 Å². The first kappa shape index (κ1) is 14.1. The molecule has 2 heterocycles. The zero-order valence-electron chi connectivity index (χ0n) is 11.1. The number of benzene rings is 1. The van der Waals surface area contributed by atoms with Gasteiger partial charge in [-0.15, -0.1) is 0 Å². The Morgan fingerprint density at radius 3 is 2.81 bits per heavy atom. The highest BCUT2D eigenvalue weighted by atomic mass is 32.2. The molecule has 0 fully saturated rings. The molecule has 1 aliphatic heterocycles. The zero-order valence-corrected chi connectivity index (χ0v) is 11.9. The predicted octanol–water partition coefficient (Wildman–Crippen LogP) is 1.30. The fraction of sp³-hybridized carbons (Fsp3) is 0.286. The second kappa shape index (κ2) is 5.51. The van der Waals surface area contributed by atoms with Gasteiger partial charge in [0, 0.05) is 11.5 Å². The molecule has 112 valence electrons. The van der Waals surface area contributed by atoms with E-state index < -0.39 is 16.1 Å². The number of nitrogens with one attached hydrogen (secondary N) is 1. The topological polar surface area (TPSA) is 88.8 Å². The number of rotatable bonds is 4. The van der Waals surface area contributed by atoms with Gasteiger partial charge in [0.25, 0.3) is 0 Å². The molecule has 21 heavy (non-hydrogen) atoms. The van der Waals surface area contributed by atoms with Crippen molar-refractivity contribution in [1.29, 1.82) is 0 Å². The predicted molar refractivity (Wildman–Crippen MR) is 74.3 cm³/mol. The fourth-order valence-corrected chi connectivity index (χ4v) is 3.58. The molecule has 1 aliphatic rings. The molecule has 2 N–H and O–H groups in total. The molecule has 0 spiro atoms. The number of hydrogen-bond acceptors (Lipinski definition) is 5. The first-order valence-electron chi connectivity index (χ1n) is 6.49. The summed E-state index contributed by atoms with van der Waals surface area (Å²) in [4.78, 5) is 0.0585. The standard InChI is InChI=1S/C14H15NO5S/c16-7-10-8-20-13-4-2-1-3-12(13)14(10)15-21(17,18)11-5-6-19-9-11/h1-6,9-10,14-16H,7-8H2/t10-,14-/m1/s1. The van der Waals surface area contributed by atoms with Crippen molar-refractivity contribution < 1.29 is 22.7 Å². The number of hydrogen-bond donors (Lipinski definition) is 2. The van der Waals surface area contributed by atoms with Crippen molar-refractivity contribution in [3.8, 4) is 5.75 Å². The van der Waals surface area contributed by atoms with Gasteiger partial charge in [0.05, 0.1) is 25.5 Å². The van der Waals surface area contributed by atoms with E-state index in [0.717, 1.165) is 5.56 Å². The Labute approximate surface area is 122 Å². The summed E-state index contributed by atoms with van der Waals surface area (Å²) in [5.41, 5.74) is 0.717. The highest BCUT2D eigenvalue weighted by Gasteiger charge is 2.34. The summed E-state index contributed by atoms with van der Waals surface area (Å²) >= 11 is 0. The molecule has 1 aromatic heterocycles. The highest BCUT2D eigenvalue weighted by molar-refractivity contribution is 7.89. The maximum atomic E-state index is 12.3. The van der Waals surface area contributed by atoms with E-state index in [1.54, 1.807) is 18.2 Å². The van der Waals surface area contributed by atoms with Crippen molar-refractivity contribution in [3.05, 3.63) is 48.4 Å². The Morgan fingerprint density at radius 2 is 2.10 bits per heavy atom. The van der Waals surface area contributed by atoms with Gasteiger partial charge in [0.15, 0.2) is 0 Å². The molecule has 2 aromatic rings. The van der Waals surface area contributed by atoms with Crippen molar-refractivity contribution in [2.75, 3.05) is 13.2 Å². The van der Waals surface area contributed by atoms with Gasteiger partial charge in [0.2, 0.25) is 10.0 Å². The average Bonchev–Trinajstić information content (AvgIpc) is 3.02. The molecule has 0 saturated heterocycles. The van der Waals surface area contributed by atoms with Crippen molar-refractivity contribution in [2.45, 2.75) is 10.9 Å². The van der Waals surface area contributed by atoms with Gasteiger partial charge in [-0.25, -0.2) is 13.1 Å². The zero-order chi connectivity index (χ0) is 14.9. The minimum absolute atomic E-state index is 0.0585. The lowest BCUT2D eigenvalue weighted by atomic mass is 9.92. The van der Waals surface area contributed by atoms with Crippen molar-refractivity contribution in [3.63, 3.8) is 0 Å². The molecule has 0 unspecified atom stereocenters. The first-order valence-corrected chi connectivity index (χ1v) is 7.97. The Hall–Kier alpha value is -1.83. The van der Waals surface area contributed by atoms with E-state index in [1.165, 1.54) is 18.6 Å². The van der Waals surface area contributed by atoms with Crippen LogP contribution in [0.3, 0.4) is 0 Å². The van der Waals surface area contributed by atoms with Gasteiger partial charge in [0.1, 0.15) is 16.9 Å². The van der Waals surface area contributed by atoms with E-state index in [0.29, 0.717) is 5.75 Å². The molecule has 0 amide bonds. The van der Waals surface area contributed by atoms with Crippen LogP contribution in [0.15, 0.2) is 52.2 Å². The van der Waals surface area contributed by atoms with Gasteiger partial charge in [-0.1, -0.05) is 18.2 Å². The Morgan fingerprint density at radius 1 is 1.29 bits per heavy atom. The van der Waals surface area contributed by atoms with Crippen molar-refractivity contribution >= 4 is 10.0 Å². The molecule has 3 rings (SSSR count). The number of aliphatic hydroxyl groups is 1. The molecule has 1 aromatic carbocycles. The van der Waals surface area contributed by atoms with Gasteiger partial charge in [-0.2, -0.15) is 0 Å².